The van der Waals surface area contributed by atoms with Crippen LogP contribution in [0.3, 0.4) is 0 Å². The number of aromatic nitrogens is 2. The highest BCUT2D eigenvalue weighted by Gasteiger charge is 2.29. The number of nitrogens with zero attached hydrogens (tertiary/aromatic N) is 1. The molecule has 3 rings (SSSR count). The Balaban J connectivity index is 1.71. The van der Waals surface area contributed by atoms with Gasteiger partial charge in [0, 0.05) is 36.0 Å². The fraction of sp³-hybridized carbons (Fsp3) is 0.353. The first-order valence-corrected chi connectivity index (χ1v) is 7.79. The molecule has 2 aromatic rings. The normalized spacial score (nSPS) is 20.4. The SMILES string of the molecule is Cc1cc(C(=O)N[C@@H]2COCC[C@H]2Oc2ccccn2)cc(=O)[nH]1. The first-order chi connectivity index (χ1) is 11.6. The summed E-state index contributed by atoms with van der Waals surface area (Å²) < 4.78 is 11.3. The molecule has 1 amide bonds. The molecule has 1 aliphatic heterocycles. The van der Waals surface area contributed by atoms with E-state index in [1.54, 1.807) is 25.3 Å². The standard InChI is InChI=1S/C17H19N3O4/c1-11-8-12(9-15(21)19-11)17(22)20-13-10-23-7-5-14(13)24-16-4-2-3-6-18-16/h2-4,6,8-9,13-14H,5,7,10H2,1H3,(H,19,21)(H,20,22)/t13-,14-/m1/s1. The van der Waals surface area contributed by atoms with E-state index in [1.807, 2.05) is 12.1 Å². The van der Waals surface area contributed by atoms with E-state index in [2.05, 4.69) is 15.3 Å². The highest BCUT2D eigenvalue weighted by atomic mass is 16.5. The Morgan fingerprint density at radius 3 is 3.04 bits per heavy atom. The molecule has 0 unspecified atom stereocenters. The average molecular weight is 329 g/mol. The molecule has 3 heterocycles. The summed E-state index contributed by atoms with van der Waals surface area (Å²) in [6, 6.07) is 8.02. The number of rotatable bonds is 4. The van der Waals surface area contributed by atoms with Crippen molar-refractivity contribution in [2.75, 3.05) is 13.2 Å². The summed E-state index contributed by atoms with van der Waals surface area (Å²) in [5.74, 6) is 0.185. The van der Waals surface area contributed by atoms with Crippen molar-refractivity contribution in [3.63, 3.8) is 0 Å². The number of hydrogen-bond donors (Lipinski definition) is 2. The Bertz CT molecular complexity index is 760. The minimum Gasteiger partial charge on any atom is -0.472 e. The van der Waals surface area contributed by atoms with Gasteiger partial charge in [0.2, 0.25) is 11.4 Å². The van der Waals surface area contributed by atoms with Crippen LogP contribution in [0.15, 0.2) is 41.3 Å². The van der Waals surface area contributed by atoms with E-state index in [9.17, 15) is 9.59 Å². The summed E-state index contributed by atoms with van der Waals surface area (Å²) in [6.45, 7) is 2.65. The molecule has 0 bridgehead atoms. The quantitative estimate of drug-likeness (QED) is 0.874. The smallest absolute Gasteiger partial charge is 0.251 e. The van der Waals surface area contributed by atoms with Crippen LogP contribution in [0, 0.1) is 6.92 Å². The molecule has 7 nitrogen and oxygen atoms in total. The summed E-state index contributed by atoms with van der Waals surface area (Å²) in [5.41, 5.74) is 0.647. The zero-order valence-corrected chi connectivity index (χ0v) is 13.3. The van der Waals surface area contributed by atoms with Crippen LogP contribution in [-0.4, -0.2) is 41.2 Å². The maximum Gasteiger partial charge on any atom is 0.251 e. The molecule has 2 atom stereocenters. The van der Waals surface area contributed by atoms with Crippen molar-refractivity contribution in [1.29, 1.82) is 0 Å². The molecule has 0 saturated carbocycles. The van der Waals surface area contributed by atoms with Crippen molar-refractivity contribution in [2.24, 2.45) is 0 Å². The lowest BCUT2D eigenvalue weighted by Crippen LogP contribution is -2.52. The summed E-state index contributed by atoms with van der Waals surface area (Å²) in [7, 11) is 0. The largest absolute Gasteiger partial charge is 0.472 e. The third kappa shape index (κ3) is 3.99. The summed E-state index contributed by atoms with van der Waals surface area (Å²) in [5, 5.41) is 2.89. The van der Waals surface area contributed by atoms with Gasteiger partial charge in [-0.1, -0.05) is 6.07 Å². The van der Waals surface area contributed by atoms with E-state index < -0.39 is 0 Å². The number of carbonyl (C=O) groups excluding carboxylic acids is 1. The molecule has 0 radical (unpaired) electrons. The van der Waals surface area contributed by atoms with Gasteiger partial charge in [0.25, 0.3) is 5.91 Å². The first kappa shape index (κ1) is 16.2. The van der Waals surface area contributed by atoms with Crippen LogP contribution in [0.4, 0.5) is 0 Å². The summed E-state index contributed by atoms with van der Waals surface area (Å²) in [6.07, 6.45) is 2.07. The predicted molar refractivity (Wildman–Crippen MR) is 87.1 cm³/mol. The lowest BCUT2D eigenvalue weighted by molar-refractivity contribution is -0.00448. The monoisotopic (exact) mass is 329 g/mol. The molecule has 0 spiro atoms. The Hall–Kier alpha value is -2.67. The van der Waals surface area contributed by atoms with E-state index in [4.69, 9.17) is 9.47 Å². The second-order valence-corrected chi connectivity index (χ2v) is 5.68. The zero-order chi connectivity index (χ0) is 16.9. The molecule has 1 saturated heterocycles. The number of aryl methyl sites for hydroxylation is 1. The number of aromatic amines is 1. The van der Waals surface area contributed by atoms with Crippen LogP contribution in [-0.2, 0) is 4.74 Å². The van der Waals surface area contributed by atoms with E-state index in [0.717, 1.165) is 0 Å². The van der Waals surface area contributed by atoms with Crippen LogP contribution < -0.4 is 15.6 Å². The van der Waals surface area contributed by atoms with Crippen molar-refractivity contribution < 1.29 is 14.3 Å². The van der Waals surface area contributed by atoms with Gasteiger partial charge in [-0.3, -0.25) is 9.59 Å². The molecule has 1 aliphatic rings. The van der Waals surface area contributed by atoms with Gasteiger partial charge in [-0.15, -0.1) is 0 Å². The van der Waals surface area contributed by atoms with Crippen LogP contribution >= 0.6 is 0 Å². The Morgan fingerprint density at radius 2 is 2.29 bits per heavy atom. The number of pyridine rings is 2. The van der Waals surface area contributed by atoms with Crippen molar-refractivity contribution in [2.45, 2.75) is 25.5 Å². The molecule has 2 N–H and O–H groups in total. The number of nitrogens with one attached hydrogen (secondary N) is 2. The van der Waals surface area contributed by atoms with Crippen LogP contribution in [0.1, 0.15) is 22.5 Å². The molecular weight excluding hydrogens is 310 g/mol. The molecule has 1 fully saturated rings. The molecule has 2 aromatic heterocycles. The number of H-pyrrole nitrogens is 1. The molecule has 0 aromatic carbocycles. The minimum atomic E-state index is -0.325. The van der Waals surface area contributed by atoms with Gasteiger partial charge in [0.15, 0.2) is 0 Å². The van der Waals surface area contributed by atoms with Gasteiger partial charge in [-0.05, 0) is 19.1 Å². The zero-order valence-electron chi connectivity index (χ0n) is 13.3. The molecule has 0 aliphatic carbocycles. The van der Waals surface area contributed by atoms with Crippen molar-refractivity contribution >= 4 is 5.91 Å². The van der Waals surface area contributed by atoms with E-state index in [0.29, 0.717) is 36.8 Å². The summed E-state index contributed by atoms with van der Waals surface area (Å²) >= 11 is 0. The average Bonchev–Trinajstić information content (AvgIpc) is 2.56. The third-order valence-electron chi connectivity index (χ3n) is 3.76. The number of hydrogen-bond acceptors (Lipinski definition) is 5. The molecule has 24 heavy (non-hydrogen) atoms. The Kier molecular flexibility index (Phi) is 4.90. The van der Waals surface area contributed by atoms with Crippen LogP contribution in [0.25, 0.3) is 0 Å². The topological polar surface area (TPSA) is 93.3 Å². The van der Waals surface area contributed by atoms with Gasteiger partial charge in [0.05, 0.1) is 19.3 Å². The van der Waals surface area contributed by atoms with Crippen LogP contribution in [0.5, 0.6) is 5.88 Å². The maximum absolute atomic E-state index is 12.4. The highest BCUT2D eigenvalue weighted by Crippen LogP contribution is 2.16. The Labute approximate surface area is 139 Å². The van der Waals surface area contributed by atoms with Gasteiger partial charge in [-0.25, -0.2) is 4.98 Å². The minimum absolute atomic E-state index is 0.235. The number of ether oxygens (including phenoxy) is 2. The predicted octanol–water partition coefficient (Wildman–Crippen LogP) is 1.04. The second-order valence-electron chi connectivity index (χ2n) is 5.68. The first-order valence-electron chi connectivity index (χ1n) is 7.79. The van der Waals surface area contributed by atoms with Crippen molar-refractivity contribution in [3.05, 3.63) is 58.1 Å². The molecule has 126 valence electrons. The lowest BCUT2D eigenvalue weighted by Gasteiger charge is -2.32. The Morgan fingerprint density at radius 1 is 1.42 bits per heavy atom. The summed E-state index contributed by atoms with van der Waals surface area (Å²) in [4.78, 5) is 30.7. The number of carbonyl (C=O) groups is 1. The van der Waals surface area contributed by atoms with Crippen molar-refractivity contribution in [3.8, 4) is 5.88 Å². The maximum atomic E-state index is 12.4. The molecular formula is C17H19N3O4. The van der Waals surface area contributed by atoms with Gasteiger partial charge >= 0.3 is 0 Å². The second kappa shape index (κ2) is 7.27. The van der Waals surface area contributed by atoms with Gasteiger partial charge in [0.1, 0.15) is 6.10 Å². The lowest BCUT2D eigenvalue weighted by atomic mass is 10.1. The van der Waals surface area contributed by atoms with E-state index >= 15 is 0 Å². The van der Waals surface area contributed by atoms with Gasteiger partial charge in [-0.2, -0.15) is 0 Å². The molecule has 7 heteroatoms. The number of amides is 1. The van der Waals surface area contributed by atoms with Gasteiger partial charge < -0.3 is 19.8 Å². The van der Waals surface area contributed by atoms with E-state index in [-0.39, 0.29) is 23.6 Å². The van der Waals surface area contributed by atoms with E-state index in [1.165, 1.54) is 6.07 Å². The highest BCUT2D eigenvalue weighted by molar-refractivity contribution is 5.94. The fourth-order valence-corrected chi connectivity index (χ4v) is 2.63. The van der Waals surface area contributed by atoms with Crippen molar-refractivity contribution in [1.82, 2.24) is 15.3 Å². The van der Waals surface area contributed by atoms with Crippen LogP contribution in [0.2, 0.25) is 0 Å². The third-order valence-corrected chi connectivity index (χ3v) is 3.76. The fourth-order valence-electron chi connectivity index (χ4n) is 2.63.